The lowest BCUT2D eigenvalue weighted by molar-refractivity contribution is -0.135. The van der Waals surface area contributed by atoms with Crippen molar-refractivity contribution < 1.29 is 9.53 Å². The van der Waals surface area contributed by atoms with Crippen LogP contribution in [0.5, 0.6) is 0 Å². The minimum atomic E-state index is 0.316. The van der Waals surface area contributed by atoms with Gasteiger partial charge in [0, 0.05) is 19.5 Å². The molecule has 1 saturated heterocycles. The topological polar surface area (TPSA) is 29.5 Å². The van der Waals surface area contributed by atoms with Crippen LogP contribution in [0, 0.1) is 5.41 Å². The van der Waals surface area contributed by atoms with Crippen molar-refractivity contribution in [2.75, 3.05) is 26.3 Å². The van der Waals surface area contributed by atoms with Gasteiger partial charge in [-0.05, 0) is 50.4 Å². The Morgan fingerprint density at radius 3 is 2.22 bits per heavy atom. The number of amides is 1. The molecular formula is C24H45NO2. The molecule has 0 N–H and O–H groups in total. The number of morpholine rings is 1. The molecule has 158 valence electrons. The van der Waals surface area contributed by atoms with Gasteiger partial charge in [0.15, 0.2) is 0 Å². The van der Waals surface area contributed by atoms with Crippen LogP contribution in [0.25, 0.3) is 0 Å². The molecule has 1 aliphatic rings. The maximum atomic E-state index is 12.2. The molecule has 0 bridgehead atoms. The summed E-state index contributed by atoms with van der Waals surface area (Å²) < 4.78 is 5.31. The highest BCUT2D eigenvalue weighted by Crippen LogP contribution is 2.30. The van der Waals surface area contributed by atoms with E-state index in [-0.39, 0.29) is 0 Å². The Morgan fingerprint density at radius 1 is 0.889 bits per heavy atom. The Kier molecular flexibility index (Phi) is 13.6. The SMILES string of the molecule is CCCCCCC/C=C/CCCC(C)(C)CCCCC(=O)N1CCOCC1. The molecule has 27 heavy (non-hydrogen) atoms. The van der Waals surface area contributed by atoms with E-state index in [0.29, 0.717) is 31.0 Å². The van der Waals surface area contributed by atoms with Crippen molar-refractivity contribution in [3.8, 4) is 0 Å². The van der Waals surface area contributed by atoms with Gasteiger partial charge >= 0.3 is 0 Å². The molecule has 1 aliphatic heterocycles. The molecule has 0 aliphatic carbocycles. The molecule has 0 aromatic carbocycles. The van der Waals surface area contributed by atoms with Crippen molar-refractivity contribution in [3.63, 3.8) is 0 Å². The van der Waals surface area contributed by atoms with E-state index in [1.165, 1.54) is 64.2 Å². The van der Waals surface area contributed by atoms with Crippen LogP contribution in [0.3, 0.4) is 0 Å². The van der Waals surface area contributed by atoms with Crippen LogP contribution in [-0.2, 0) is 9.53 Å². The Labute approximate surface area is 168 Å². The van der Waals surface area contributed by atoms with E-state index >= 15 is 0 Å². The maximum absolute atomic E-state index is 12.2. The summed E-state index contributed by atoms with van der Waals surface area (Å²) in [4.78, 5) is 14.1. The Hall–Kier alpha value is -0.830. The normalized spacial score (nSPS) is 15.6. The fourth-order valence-corrected chi connectivity index (χ4v) is 3.78. The van der Waals surface area contributed by atoms with E-state index in [1.807, 2.05) is 4.90 Å². The van der Waals surface area contributed by atoms with E-state index in [9.17, 15) is 4.79 Å². The van der Waals surface area contributed by atoms with E-state index in [1.54, 1.807) is 0 Å². The predicted molar refractivity (Wildman–Crippen MR) is 116 cm³/mol. The van der Waals surface area contributed by atoms with E-state index in [4.69, 9.17) is 4.74 Å². The van der Waals surface area contributed by atoms with Crippen molar-refractivity contribution in [1.29, 1.82) is 0 Å². The molecule has 1 heterocycles. The Balaban J connectivity index is 1.99. The molecule has 0 atom stereocenters. The number of carbonyl (C=O) groups is 1. The third-order valence-corrected chi connectivity index (χ3v) is 5.72. The van der Waals surface area contributed by atoms with Gasteiger partial charge in [-0.15, -0.1) is 0 Å². The molecule has 1 rings (SSSR count). The lowest BCUT2D eigenvalue weighted by atomic mass is 9.82. The number of ether oxygens (including phenoxy) is 1. The van der Waals surface area contributed by atoms with Crippen LogP contribution in [0.2, 0.25) is 0 Å². The lowest BCUT2D eigenvalue weighted by Gasteiger charge is -2.27. The molecule has 0 saturated carbocycles. The van der Waals surface area contributed by atoms with Crippen LogP contribution in [0.15, 0.2) is 12.2 Å². The minimum Gasteiger partial charge on any atom is -0.378 e. The molecule has 0 unspecified atom stereocenters. The molecule has 1 fully saturated rings. The Morgan fingerprint density at radius 2 is 1.52 bits per heavy atom. The fraction of sp³-hybridized carbons (Fsp3) is 0.875. The Bertz CT molecular complexity index is 397. The first-order chi connectivity index (χ1) is 13.0. The number of unbranched alkanes of at least 4 members (excludes halogenated alkanes) is 7. The van der Waals surface area contributed by atoms with E-state index < -0.39 is 0 Å². The van der Waals surface area contributed by atoms with Gasteiger partial charge in [-0.25, -0.2) is 0 Å². The van der Waals surface area contributed by atoms with Gasteiger partial charge < -0.3 is 9.64 Å². The molecule has 0 aromatic heterocycles. The summed E-state index contributed by atoms with van der Waals surface area (Å²) in [6.45, 7) is 9.99. The molecule has 0 radical (unpaired) electrons. The summed E-state index contributed by atoms with van der Waals surface area (Å²) in [5.74, 6) is 0.316. The highest BCUT2D eigenvalue weighted by molar-refractivity contribution is 5.76. The number of hydrogen-bond acceptors (Lipinski definition) is 2. The van der Waals surface area contributed by atoms with Gasteiger partial charge in [-0.2, -0.15) is 0 Å². The zero-order valence-corrected chi connectivity index (χ0v) is 18.4. The zero-order valence-electron chi connectivity index (χ0n) is 18.4. The summed E-state index contributed by atoms with van der Waals surface area (Å²) in [5.41, 5.74) is 0.399. The monoisotopic (exact) mass is 379 g/mol. The third kappa shape index (κ3) is 13.1. The van der Waals surface area contributed by atoms with Gasteiger partial charge in [0.05, 0.1) is 13.2 Å². The lowest BCUT2D eigenvalue weighted by Crippen LogP contribution is -2.40. The molecule has 0 spiro atoms. The quantitative estimate of drug-likeness (QED) is 0.239. The average Bonchev–Trinajstić information content (AvgIpc) is 2.67. The van der Waals surface area contributed by atoms with Crippen molar-refractivity contribution in [1.82, 2.24) is 4.90 Å². The van der Waals surface area contributed by atoms with Gasteiger partial charge in [-0.1, -0.05) is 65.0 Å². The highest BCUT2D eigenvalue weighted by atomic mass is 16.5. The first-order valence-electron chi connectivity index (χ1n) is 11.6. The summed E-state index contributed by atoms with van der Waals surface area (Å²) in [6, 6.07) is 0. The predicted octanol–water partition coefficient (Wildman–Crippen LogP) is 6.52. The van der Waals surface area contributed by atoms with Crippen LogP contribution in [0.4, 0.5) is 0 Å². The first-order valence-corrected chi connectivity index (χ1v) is 11.6. The van der Waals surface area contributed by atoms with Crippen LogP contribution < -0.4 is 0 Å². The second-order valence-electron chi connectivity index (χ2n) is 8.93. The minimum absolute atomic E-state index is 0.316. The standard InChI is InChI=1S/C24H45NO2/c1-4-5-6-7-8-9-10-11-12-14-17-24(2,3)18-15-13-16-23(26)25-19-21-27-22-20-25/h10-11H,4-9,12-22H2,1-3H3/b11-10+. The van der Waals surface area contributed by atoms with Crippen molar-refractivity contribution in [3.05, 3.63) is 12.2 Å². The number of hydrogen-bond donors (Lipinski definition) is 0. The number of nitrogens with zero attached hydrogens (tertiary/aromatic N) is 1. The number of rotatable bonds is 15. The van der Waals surface area contributed by atoms with Gasteiger partial charge in [0.25, 0.3) is 0 Å². The second-order valence-corrected chi connectivity index (χ2v) is 8.93. The van der Waals surface area contributed by atoms with Gasteiger partial charge in [0.2, 0.25) is 5.91 Å². The van der Waals surface area contributed by atoms with Gasteiger partial charge in [0.1, 0.15) is 0 Å². The smallest absolute Gasteiger partial charge is 0.222 e. The van der Waals surface area contributed by atoms with Crippen molar-refractivity contribution in [2.45, 2.75) is 104 Å². The van der Waals surface area contributed by atoms with Crippen molar-refractivity contribution >= 4 is 5.91 Å². The number of carbonyl (C=O) groups excluding carboxylic acids is 1. The molecule has 1 amide bonds. The average molecular weight is 380 g/mol. The summed E-state index contributed by atoms with van der Waals surface area (Å²) in [5, 5.41) is 0. The highest BCUT2D eigenvalue weighted by Gasteiger charge is 2.19. The summed E-state index contributed by atoms with van der Waals surface area (Å²) in [6.07, 6.45) is 20.8. The zero-order chi connectivity index (χ0) is 19.8. The second kappa shape index (κ2) is 15.1. The summed E-state index contributed by atoms with van der Waals surface area (Å²) in [7, 11) is 0. The first kappa shape index (κ1) is 24.2. The largest absolute Gasteiger partial charge is 0.378 e. The maximum Gasteiger partial charge on any atom is 0.222 e. The van der Waals surface area contributed by atoms with E-state index in [2.05, 4.69) is 32.9 Å². The van der Waals surface area contributed by atoms with Crippen LogP contribution in [-0.4, -0.2) is 37.1 Å². The van der Waals surface area contributed by atoms with Gasteiger partial charge in [-0.3, -0.25) is 4.79 Å². The van der Waals surface area contributed by atoms with E-state index in [0.717, 1.165) is 25.9 Å². The van der Waals surface area contributed by atoms with Crippen LogP contribution >= 0.6 is 0 Å². The molecular weight excluding hydrogens is 334 g/mol. The van der Waals surface area contributed by atoms with Crippen LogP contribution in [0.1, 0.15) is 104 Å². The van der Waals surface area contributed by atoms with Crippen molar-refractivity contribution in [2.24, 2.45) is 5.41 Å². The molecule has 0 aromatic rings. The molecule has 3 heteroatoms. The summed E-state index contributed by atoms with van der Waals surface area (Å²) >= 11 is 0. The number of allylic oxidation sites excluding steroid dienone is 2. The fourth-order valence-electron chi connectivity index (χ4n) is 3.78. The molecule has 3 nitrogen and oxygen atoms in total. The third-order valence-electron chi connectivity index (χ3n) is 5.72.